The normalized spacial score (nSPS) is 12.2. The summed E-state index contributed by atoms with van der Waals surface area (Å²) in [6.07, 6.45) is 2.66. The van der Waals surface area contributed by atoms with Crippen molar-refractivity contribution >= 4 is 0 Å². The first-order valence-electron chi connectivity index (χ1n) is 7.30. The Balaban J connectivity index is 2.71. The van der Waals surface area contributed by atoms with Crippen LogP contribution in [0, 0.1) is 0 Å². The van der Waals surface area contributed by atoms with Crippen molar-refractivity contribution in [1.82, 2.24) is 0 Å². The van der Waals surface area contributed by atoms with Crippen molar-refractivity contribution in [3.8, 4) is 11.5 Å². The fourth-order valence-corrected chi connectivity index (χ4v) is 1.88. The molecule has 2 N–H and O–H groups in total. The Morgan fingerprint density at radius 1 is 1.15 bits per heavy atom. The number of methoxy groups -OCH3 is 1. The largest absolute Gasteiger partial charge is 0.493 e. The van der Waals surface area contributed by atoms with Crippen LogP contribution in [0.4, 0.5) is 0 Å². The second-order valence-electron chi connectivity index (χ2n) is 4.99. The molecular weight excluding hydrogens is 254 g/mol. The second kappa shape index (κ2) is 9.61. The van der Waals surface area contributed by atoms with Crippen molar-refractivity contribution < 1.29 is 14.2 Å². The number of nitrogens with two attached hydrogens (primary N) is 1. The van der Waals surface area contributed by atoms with Crippen LogP contribution in [0.25, 0.3) is 0 Å². The molecule has 4 nitrogen and oxygen atoms in total. The van der Waals surface area contributed by atoms with Gasteiger partial charge in [0.2, 0.25) is 0 Å². The molecule has 0 saturated carbocycles. The third-order valence-electron chi connectivity index (χ3n) is 2.80. The maximum absolute atomic E-state index is 5.88. The van der Waals surface area contributed by atoms with E-state index < -0.39 is 0 Å². The Morgan fingerprint density at radius 2 is 1.95 bits per heavy atom. The van der Waals surface area contributed by atoms with Crippen molar-refractivity contribution in [2.75, 3.05) is 26.9 Å². The quantitative estimate of drug-likeness (QED) is 0.670. The summed E-state index contributed by atoms with van der Waals surface area (Å²) in [5.41, 5.74) is 7.01. The third-order valence-corrected chi connectivity index (χ3v) is 2.80. The van der Waals surface area contributed by atoms with E-state index in [0.717, 1.165) is 42.9 Å². The molecule has 0 aliphatic carbocycles. The van der Waals surface area contributed by atoms with Crippen LogP contribution in [0.15, 0.2) is 18.2 Å². The van der Waals surface area contributed by atoms with Crippen molar-refractivity contribution in [2.24, 2.45) is 5.73 Å². The van der Waals surface area contributed by atoms with Crippen LogP contribution in [0.1, 0.15) is 32.3 Å². The molecule has 1 aromatic rings. The molecule has 0 amide bonds. The van der Waals surface area contributed by atoms with Gasteiger partial charge in [0, 0.05) is 32.2 Å². The summed E-state index contributed by atoms with van der Waals surface area (Å²) in [4.78, 5) is 0. The molecule has 114 valence electrons. The van der Waals surface area contributed by atoms with Crippen molar-refractivity contribution in [2.45, 2.75) is 39.2 Å². The zero-order chi connectivity index (χ0) is 14.8. The first-order valence-corrected chi connectivity index (χ1v) is 7.30. The average molecular weight is 281 g/mol. The molecule has 0 aliphatic heterocycles. The highest BCUT2D eigenvalue weighted by atomic mass is 16.5. The molecule has 0 fully saturated rings. The zero-order valence-electron chi connectivity index (χ0n) is 12.9. The van der Waals surface area contributed by atoms with Crippen LogP contribution in [-0.2, 0) is 11.2 Å². The van der Waals surface area contributed by atoms with Crippen molar-refractivity contribution in [1.29, 1.82) is 0 Å². The molecule has 0 saturated heterocycles. The minimum Gasteiger partial charge on any atom is -0.493 e. The van der Waals surface area contributed by atoms with Gasteiger partial charge < -0.3 is 19.9 Å². The highest BCUT2D eigenvalue weighted by molar-refractivity contribution is 5.41. The van der Waals surface area contributed by atoms with Crippen LogP contribution >= 0.6 is 0 Å². The summed E-state index contributed by atoms with van der Waals surface area (Å²) >= 11 is 0. The molecule has 0 spiro atoms. The highest BCUT2D eigenvalue weighted by Gasteiger charge is 2.08. The fraction of sp³-hybridized carbons (Fsp3) is 0.625. The summed E-state index contributed by atoms with van der Waals surface area (Å²) < 4.78 is 16.5. The predicted octanol–water partition coefficient (Wildman–Crippen LogP) is 2.78. The zero-order valence-corrected chi connectivity index (χ0v) is 12.9. The van der Waals surface area contributed by atoms with E-state index in [4.69, 9.17) is 19.9 Å². The van der Waals surface area contributed by atoms with E-state index in [0.29, 0.717) is 13.2 Å². The molecule has 1 unspecified atom stereocenters. The van der Waals surface area contributed by atoms with Crippen molar-refractivity contribution in [3.63, 3.8) is 0 Å². The first-order chi connectivity index (χ1) is 9.67. The van der Waals surface area contributed by atoms with Crippen LogP contribution in [0.5, 0.6) is 11.5 Å². The molecule has 1 atom stereocenters. The number of hydrogen-bond acceptors (Lipinski definition) is 4. The van der Waals surface area contributed by atoms with Gasteiger partial charge in [0.1, 0.15) is 11.5 Å². The molecular formula is C16H27NO3. The van der Waals surface area contributed by atoms with E-state index in [-0.39, 0.29) is 6.04 Å². The number of hydrogen-bond donors (Lipinski definition) is 1. The topological polar surface area (TPSA) is 53.7 Å². The number of ether oxygens (including phenoxy) is 3. The van der Waals surface area contributed by atoms with E-state index in [1.54, 1.807) is 7.11 Å². The number of rotatable bonds is 10. The van der Waals surface area contributed by atoms with Gasteiger partial charge in [-0.2, -0.15) is 0 Å². The number of benzene rings is 1. The van der Waals surface area contributed by atoms with Gasteiger partial charge in [-0.25, -0.2) is 0 Å². The third kappa shape index (κ3) is 6.26. The van der Waals surface area contributed by atoms with Gasteiger partial charge in [0.15, 0.2) is 0 Å². The minimum atomic E-state index is 0.110. The molecule has 20 heavy (non-hydrogen) atoms. The van der Waals surface area contributed by atoms with E-state index in [1.807, 2.05) is 25.1 Å². The lowest BCUT2D eigenvalue weighted by molar-refractivity contribution is 0.171. The van der Waals surface area contributed by atoms with E-state index >= 15 is 0 Å². The average Bonchev–Trinajstić information content (AvgIpc) is 2.43. The minimum absolute atomic E-state index is 0.110. The van der Waals surface area contributed by atoms with Crippen LogP contribution in [0.3, 0.4) is 0 Å². The highest BCUT2D eigenvalue weighted by Crippen LogP contribution is 2.26. The Morgan fingerprint density at radius 3 is 2.60 bits per heavy atom. The molecule has 0 heterocycles. The predicted molar refractivity (Wildman–Crippen MR) is 81.6 cm³/mol. The lowest BCUT2D eigenvalue weighted by Gasteiger charge is -2.15. The van der Waals surface area contributed by atoms with Crippen LogP contribution in [0.2, 0.25) is 0 Å². The van der Waals surface area contributed by atoms with E-state index in [2.05, 4.69) is 6.92 Å². The Bertz CT molecular complexity index is 380. The lowest BCUT2D eigenvalue weighted by Crippen LogP contribution is -2.18. The Labute approximate surface area is 122 Å². The fourth-order valence-electron chi connectivity index (χ4n) is 1.88. The van der Waals surface area contributed by atoms with Crippen LogP contribution < -0.4 is 15.2 Å². The van der Waals surface area contributed by atoms with Gasteiger partial charge in [0.25, 0.3) is 0 Å². The lowest BCUT2D eigenvalue weighted by atomic mass is 10.1. The summed E-state index contributed by atoms with van der Waals surface area (Å²) in [5.74, 6) is 1.72. The Hall–Kier alpha value is -1.26. The van der Waals surface area contributed by atoms with Gasteiger partial charge in [-0.05, 0) is 31.4 Å². The first kappa shape index (κ1) is 16.8. The molecule has 1 aromatic carbocycles. The second-order valence-corrected chi connectivity index (χ2v) is 4.99. The molecule has 0 radical (unpaired) electrons. The maximum Gasteiger partial charge on any atom is 0.126 e. The summed E-state index contributed by atoms with van der Waals surface area (Å²) in [5, 5.41) is 0. The monoisotopic (exact) mass is 281 g/mol. The van der Waals surface area contributed by atoms with Gasteiger partial charge in [0.05, 0.1) is 13.2 Å². The van der Waals surface area contributed by atoms with E-state index in [1.165, 1.54) is 0 Å². The maximum atomic E-state index is 5.88. The summed E-state index contributed by atoms with van der Waals surface area (Å²) in [7, 11) is 1.70. The van der Waals surface area contributed by atoms with Gasteiger partial charge >= 0.3 is 0 Å². The SMILES string of the molecule is CCCOc1ccc(CC(C)N)c(OCCCOC)c1. The van der Waals surface area contributed by atoms with Gasteiger partial charge in [-0.3, -0.25) is 0 Å². The smallest absolute Gasteiger partial charge is 0.126 e. The summed E-state index contributed by atoms with van der Waals surface area (Å²) in [6, 6.07) is 6.09. The molecule has 4 heteroatoms. The van der Waals surface area contributed by atoms with Gasteiger partial charge in [-0.1, -0.05) is 13.0 Å². The van der Waals surface area contributed by atoms with Gasteiger partial charge in [-0.15, -0.1) is 0 Å². The molecule has 0 bridgehead atoms. The van der Waals surface area contributed by atoms with Crippen molar-refractivity contribution in [3.05, 3.63) is 23.8 Å². The standard InChI is InChI=1S/C16H27NO3/c1-4-8-19-15-7-6-14(11-13(2)17)16(12-15)20-10-5-9-18-3/h6-7,12-13H,4-5,8-11,17H2,1-3H3. The molecule has 0 aliphatic rings. The van der Waals surface area contributed by atoms with Crippen LogP contribution in [-0.4, -0.2) is 33.0 Å². The molecule has 0 aromatic heterocycles. The molecule has 1 rings (SSSR count). The Kier molecular flexibility index (Phi) is 8.07. The summed E-state index contributed by atoms with van der Waals surface area (Å²) in [6.45, 7) is 6.14. The van der Waals surface area contributed by atoms with E-state index in [9.17, 15) is 0 Å².